The maximum absolute atomic E-state index is 4.79. The first-order chi connectivity index (χ1) is 12.3. The van der Waals surface area contributed by atoms with E-state index in [2.05, 4.69) is 65.1 Å². The SMILES string of the molecule is CCNC(=NCc1ccc(N2CC=CC2)cc1)NC1CCC(SC)C1.I. The van der Waals surface area contributed by atoms with Crippen LogP contribution in [-0.2, 0) is 6.54 Å². The average molecular weight is 486 g/mol. The number of halogens is 1. The smallest absolute Gasteiger partial charge is 0.191 e. The van der Waals surface area contributed by atoms with Crippen LogP contribution in [0, 0.1) is 0 Å². The molecule has 2 aliphatic rings. The third-order valence-corrected chi connectivity index (χ3v) is 6.04. The molecule has 4 nitrogen and oxygen atoms in total. The molecule has 1 fully saturated rings. The van der Waals surface area contributed by atoms with Crippen LogP contribution in [0.2, 0.25) is 0 Å². The Bertz CT molecular complexity index is 594. The number of benzene rings is 1. The second-order valence-electron chi connectivity index (χ2n) is 6.75. The highest BCUT2D eigenvalue weighted by Gasteiger charge is 2.24. The van der Waals surface area contributed by atoms with E-state index in [9.17, 15) is 0 Å². The Kier molecular flexibility index (Phi) is 9.11. The van der Waals surface area contributed by atoms with Crippen LogP contribution in [0.25, 0.3) is 0 Å². The highest BCUT2D eigenvalue weighted by molar-refractivity contribution is 14.0. The van der Waals surface area contributed by atoms with Crippen LogP contribution in [0.5, 0.6) is 0 Å². The molecule has 0 aromatic heterocycles. The van der Waals surface area contributed by atoms with E-state index >= 15 is 0 Å². The molecule has 1 aromatic rings. The van der Waals surface area contributed by atoms with E-state index in [1.54, 1.807) is 0 Å². The summed E-state index contributed by atoms with van der Waals surface area (Å²) in [7, 11) is 0. The lowest BCUT2D eigenvalue weighted by molar-refractivity contribution is 0.615. The monoisotopic (exact) mass is 486 g/mol. The van der Waals surface area contributed by atoms with Gasteiger partial charge in [0.15, 0.2) is 5.96 Å². The summed E-state index contributed by atoms with van der Waals surface area (Å²) in [5.41, 5.74) is 2.54. The van der Waals surface area contributed by atoms with Crippen molar-refractivity contribution in [1.29, 1.82) is 0 Å². The summed E-state index contributed by atoms with van der Waals surface area (Å²) >= 11 is 1.99. The first-order valence-electron chi connectivity index (χ1n) is 9.35. The maximum Gasteiger partial charge on any atom is 0.191 e. The van der Waals surface area contributed by atoms with Crippen molar-refractivity contribution in [3.05, 3.63) is 42.0 Å². The Morgan fingerprint density at radius 3 is 2.54 bits per heavy atom. The Hall–Kier alpha value is -0.890. The van der Waals surface area contributed by atoms with E-state index in [-0.39, 0.29) is 24.0 Å². The number of nitrogens with one attached hydrogen (secondary N) is 2. The molecule has 2 atom stereocenters. The first-order valence-corrected chi connectivity index (χ1v) is 10.6. The molecule has 0 bridgehead atoms. The van der Waals surface area contributed by atoms with Crippen LogP contribution in [0.4, 0.5) is 5.69 Å². The number of hydrogen-bond donors (Lipinski definition) is 2. The molecule has 3 rings (SSSR count). The lowest BCUT2D eigenvalue weighted by atomic mass is 10.2. The fraction of sp³-hybridized carbons (Fsp3) is 0.550. The molecule has 1 saturated carbocycles. The minimum Gasteiger partial charge on any atom is -0.364 e. The standard InChI is InChI=1S/C20H30N4S.HI/c1-3-21-20(23-17-8-11-19(14-17)25-2)22-15-16-6-9-18(10-7-16)24-12-4-5-13-24;/h4-7,9-10,17,19H,3,8,11-15H2,1-2H3,(H2,21,22,23);1H. The van der Waals surface area contributed by atoms with Crippen molar-refractivity contribution in [2.75, 3.05) is 30.8 Å². The number of nitrogens with zero attached hydrogens (tertiary/aromatic N) is 2. The second-order valence-corrected chi connectivity index (χ2v) is 7.89. The van der Waals surface area contributed by atoms with Gasteiger partial charge < -0.3 is 15.5 Å². The van der Waals surface area contributed by atoms with Gasteiger partial charge in [-0.2, -0.15) is 11.8 Å². The molecule has 0 saturated heterocycles. The average Bonchev–Trinajstić information content (AvgIpc) is 3.32. The zero-order valence-corrected chi connectivity index (χ0v) is 18.9. The van der Waals surface area contributed by atoms with E-state index in [1.807, 2.05) is 11.8 Å². The van der Waals surface area contributed by atoms with Crippen molar-refractivity contribution >= 4 is 47.4 Å². The van der Waals surface area contributed by atoms with Crippen molar-refractivity contribution in [3.8, 4) is 0 Å². The topological polar surface area (TPSA) is 39.7 Å². The van der Waals surface area contributed by atoms with Gasteiger partial charge in [-0.15, -0.1) is 24.0 Å². The fourth-order valence-corrected chi connectivity index (χ4v) is 4.27. The molecule has 0 amide bonds. The summed E-state index contributed by atoms with van der Waals surface area (Å²) in [4.78, 5) is 7.15. The van der Waals surface area contributed by atoms with Gasteiger partial charge in [-0.1, -0.05) is 24.3 Å². The molecule has 2 unspecified atom stereocenters. The Morgan fingerprint density at radius 1 is 1.19 bits per heavy atom. The molecule has 2 N–H and O–H groups in total. The predicted octanol–water partition coefficient (Wildman–Crippen LogP) is 4.02. The van der Waals surface area contributed by atoms with Gasteiger partial charge in [0.05, 0.1) is 6.54 Å². The van der Waals surface area contributed by atoms with Gasteiger partial charge >= 0.3 is 0 Å². The maximum atomic E-state index is 4.79. The summed E-state index contributed by atoms with van der Waals surface area (Å²) in [6, 6.07) is 9.36. The number of anilines is 1. The number of rotatable bonds is 6. The highest BCUT2D eigenvalue weighted by atomic mass is 127. The molecule has 144 valence electrons. The molecular weight excluding hydrogens is 455 g/mol. The fourth-order valence-electron chi connectivity index (χ4n) is 3.47. The van der Waals surface area contributed by atoms with Crippen molar-refractivity contribution in [1.82, 2.24) is 10.6 Å². The van der Waals surface area contributed by atoms with Crippen LogP contribution in [0.3, 0.4) is 0 Å². The highest BCUT2D eigenvalue weighted by Crippen LogP contribution is 2.28. The molecule has 1 heterocycles. The van der Waals surface area contributed by atoms with Crippen LogP contribution in [0.1, 0.15) is 31.7 Å². The van der Waals surface area contributed by atoms with Crippen molar-refractivity contribution in [2.24, 2.45) is 4.99 Å². The molecular formula is C20H31IN4S. The lowest BCUT2D eigenvalue weighted by Crippen LogP contribution is -2.42. The summed E-state index contributed by atoms with van der Waals surface area (Å²) in [6.07, 6.45) is 10.5. The lowest BCUT2D eigenvalue weighted by Gasteiger charge is -2.18. The van der Waals surface area contributed by atoms with E-state index in [1.165, 1.54) is 30.5 Å². The third kappa shape index (κ3) is 6.08. The summed E-state index contributed by atoms with van der Waals surface area (Å²) in [5, 5.41) is 7.80. The van der Waals surface area contributed by atoms with Gasteiger partial charge in [0, 0.05) is 36.6 Å². The van der Waals surface area contributed by atoms with E-state index in [4.69, 9.17) is 4.99 Å². The quantitative estimate of drug-likeness (QED) is 0.276. The third-order valence-electron chi connectivity index (χ3n) is 4.94. The normalized spacial score (nSPS) is 22.4. The van der Waals surface area contributed by atoms with Gasteiger partial charge in [0.1, 0.15) is 0 Å². The second kappa shape index (κ2) is 11.1. The van der Waals surface area contributed by atoms with E-state index < -0.39 is 0 Å². The number of thioether (sulfide) groups is 1. The van der Waals surface area contributed by atoms with Crippen LogP contribution >= 0.6 is 35.7 Å². The summed E-state index contributed by atoms with van der Waals surface area (Å²) in [6.45, 7) is 5.77. The number of hydrogen-bond acceptors (Lipinski definition) is 3. The van der Waals surface area contributed by atoms with Crippen molar-refractivity contribution < 1.29 is 0 Å². The molecule has 1 aliphatic heterocycles. The van der Waals surface area contributed by atoms with E-state index in [0.717, 1.165) is 30.8 Å². The minimum absolute atomic E-state index is 0. The molecule has 0 radical (unpaired) electrons. The largest absolute Gasteiger partial charge is 0.364 e. The molecule has 6 heteroatoms. The predicted molar refractivity (Wildman–Crippen MR) is 126 cm³/mol. The Labute approximate surface area is 179 Å². The minimum atomic E-state index is 0. The molecule has 1 aliphatic carbocycles. The number of aliphatic imine (C=N–C) groups is 1. The Balaban J connectivity index is 0.00000243. The zero-order valence-electron chi connectivity index (χ0n) is 15.8. The molecule has 26 heavy (non-hydrogen) atoms. The van der Waals surface area contributed by atoms with Gasteiger partial charge in [0.25, 0.3) is 0 Å². The number of guanidine groups is 1. The summed E-state index contributed by atoms with van der Waals surface area (Å²) in [5.74, 6) is 0.946. The van der Waals surface area contributed by atoms with E-state index in [0.29, 0.717) is 12.6 Å². The molecule has 0 spiro atoms. The van der Waals surface area contributed by atoms with Crippen LogP contribution in [0.15, 0.2) is 41.4 Å². The summed E-state index contributed by atoms with van der Waals surface area (Å²) < 4.78 is 0. The van der Waals surface area contributed by atoms with Crippen LogP contribution in [-0.4, -0.2) is 43.1 Å². The first kappa shape index (κ1) is 21.4. The van der Waals surface area contributed by atoms with Crippen molar-refractivity contribution in [3.63, 3.8) is 0 Å². The van der Waals surface area contributed by atoms with Crippen LogP contribution < -0.4 is 15.5 Å². The zero-order chi connectivity index (χ0) is 17.5. The molecule has 1 aromatic carbocycles. The van der Waals surface area contributed by atoms with Gasteiger partial charge in [-0.05, 0) is 50.1 Å². The van der Waals surface area contributed by atoms with Crippen molar-refractivity contribution in [2.45, 2.75) is 44.0 Å². The Morgan fingerprint density at radius 2 is 1.92 bits per heavy atom. The van der Waals surface area contributed by atoms with Gasteiger partial charge in [-0.25, -0.2) is 4.99 Å². The van der Waals surface area contributed by atoms with Gasteiger partial charge in [0.2, 0.25) is 0 Å². The van der Waals surface area contributed by atoms with Gasteiger partial charge in [-0.3, -0.25) is 0 Å².